The number of hydrogen-bond acceptors (Lipinski definition) is 10. The molecule has 4 nitrogen and oxygen atoms in total. The van der Waals surface area contributed by atoms with Crippen LogP contribution in [0.15, 0.2) is 141 Å². The summed E-state index contributed by atoms with van der Waals surface area (Å²) in [5.41, 5.74) is 10.1. The van der Waals surface area contributed by atoms with Crippen molar-refractivity contribution in [1.29, 1.82) is 0 Å². The average Bonchev–Trinajstić information content (AvgIpc) is 4.03. The standard InChI is InChI=1S/2C21H18NS3.BFO2/c2*1-22(2)18-7-5-15(6-8-18)17-12-20(16-9-11-23-14-16)25-21(13-17)19-4-3-10-24-19;2-1(3)4/h2*3-14H,1-2H3;/q2*+1;-2. The number of thiophene rings is 4. The maximum atomic E-state index is 9.89. The van der Waals surface area contributed by atoms with E-state index in [9.17, 15) is 4.32 Å². The molecule has 0 atom stereocenters. The molecule has 0 fully saturated rings. The predicted octanol–water partition coefficient (Wildman–Crippen LogP) is 12.1. The SMILES string of the molecule is CN(C)c1ccc(-c2cc(-c3ccsc3)s[c+](-c3cccs3)c2)cc1.CN(C)c1ccc(-c2cc(-c3ccsc3)s[c+](-c3cccs3)c2)cc1.[O-]B([O-])F. The Morgan fingerprint density at radius 3 is 1.20 bits per heavy atom. The van der Waals surface area contributed by atoms with Gasteiger partial charge in [-0.15, -0.1) is 22.7 Å². The van der Waals surface area contributed by atoms with E-state index < -0.39 is 7.40 Å². The zero-order chi connectivity index (χ0) is 38.0. The van der Waals surface area contributed by atoms with Gasteiger partial charge in [-0.3, -0.25) is 0 Å². The summed E-state index contributed by atoms with van der Waals surface area (Å²) in [4.78, 5) is 12.2. The molecule has 0 unspecified atom stereocenters. The number of hydrogen-bond donors (Lipinski definition) is 0. The minimum absolute atomic E-state index is 1.22. The molecule has 0 radical (unpaired) electrons. The summed E-state index contributed by atoms with van der Waals surface area (Å²) in [6.45, 7) is 0. The minimum Gasteiger partial charge on any atom is -0.867 e. The Bertz CT molecular complexity index is 2040. The monoisotopic (exact) mass is 822 g/mol. The molecule has 0 spiro atoms. The normalized spacial score (nSPS) is 10.5. The second-order valence-corrected chi connectivity index (χ2v) is 17.9. The molecule has 0 saturated heterocycles. The Labute approximate surface area is 340 Å². The first-order valence-corrected chi connectivity index (χ1v) is 22.0. The molecular formula is C42H36BFN2O2S6. The molecule has 12 heteroatoms. The molecule has 6 heterocycles. The Balaban J connectivity index is 0.000000168. The summed E-state index contributed by atoms with van der Waals surface area (Å²) < 4.78 is 9.89. The van der Waals surface area contributed by atoms with Gasteiger partial charge >= 0.3 is 0 Å². The van der Waals surface area contributed by atoms with Crippen LogP contribution >= 0.6 is 68.0 Å². The number of nitrogens with zero attached hydrogens (tertiary/aromatic N) is 2. The molecule has 0 aliphatic rings. The van der Waals surface area contributed by atoms with Gasteiger partial charge in [0.05, 0.1) is 11.1 Å². The fraction of sp³-hybridized carbons (Fsp3) is 0.0952. The quantitative estimate of drug-likeness (QED) is 0.113. The molecular weight excluding hydrogens is 787 g/mol. The molecule has 0 bridgehead atoms. The lowest BCUT2D eigenvalue weighted by Gasteiger charge is -2.12. The van der Waals surface area contributed by atoms with Crippen molar-refractivity contribution in [2.75, 3.05) is 38.0 Å². The van der Waals surface area contributed by atoms with Gasteiger partial charge in [-0.2, -0.15) is 22.7 Å². The number of anilines is 2. The lowest BCUT2D eigenvalue weighted by molar-refractivity contribution is -0.366. The van der Waals surface area contributed by atoms with Crippen LogP contribution in [0.5, 0.6) is 0 Å². The fourth-order valence-electron chi connectivity index (χ4n) is 5.41. The van der Waals surface area contributed by atoms with E-state index in [0.29, 0.717) is 0 Å². The molecule has 272 valence electrons. The van der Waals surface area contributed by atoms with Gasteiger partial charge in [-0.1, -0.05) is 0 Å². The number of benzene rings is 2. The maximum Gasteiger partial charge on any atom is 0.134 e. The van der Waals surface area contributed by atoms with E-state index >= 15 is 0 Å². The fourth-order valence-corrected chi connectivity index (χ4v) is 10.7. The highest BCUT2D eigenvalue weighted by Gasteiger charge is 2.18. The van der Waals surface area contributed by atoms with Crippen LogP contribution in [-0.2, 0) is 0 Å². The molecule has 0 N–H and O–H groups in total. The van der Waals surface area contributed by atoms with Gasteiger partial charge in [0.1, 0.15) is 36.7 Å². The van der Waals surface area contributed by atoms with E-state index in [-0.39, 0.29) is 0 Å². The summed E-state index contributed by atoms with van der Waals surface area (Å²) in [6, 6.07) is 39.9. The molecule has 0 aliphatic heterocycles. The van der Waals surface area contributed by atoms with Gasteiger partial charge in [0.25, 0.3) is 0 Å². The largest absolute Gasteiger partial charge is 0.867 e. The molecule has 8 rings (SSSR count). The summed E-state index contributed by atoms with van der Waals surface area (Å²) in [5.74, 6) is 0. The third-order valence-corrected chi connectivity index (χ3v) is 13.9. The van der Waals surface area contributed by atoms with Crippen LogP contribution in [0.1, 0.15) is 0 Å². The summed E-state index contributed by atoms with van der Waals surface area (Å²) >= 11 is 10.8. The topological polar surface area (TPSA) is 52.6 Å². The molecule has 0 saturated carbocycles. The van der Waals surface area contributed by atoms with Crippen LogP contribution in [0.2, 0.25) is 0 Å². The lowest BCUT2D eigenvalue weighted by Crippen LogP contribution is -2.39. The van der Waals surface area contributed by atoms with E-state index in [2.05, 4.69) is 179 Å². The van der Waals surface area contributed by atoms with Crippen LogP contribution in [0.3, 0.4) is 0 Å². The Morgan fingerprint density at radius 1 is 0.519 bits per heavy atom. The van der Waals surface area contributed by atoms with E-state index in [1.165, 1.54) is 74.0 Å². The highest BCUT2D eigenvalue weighted by atomic mass is 32.1. The third-order valence-electron chi connectivity index (χ3n) is 8.16. The second-order valence-electron chi connectivity index (χ2n) is 12.3. The second kappa shape index (κ2) is 19.0. The van der Waals surface area contributed by atoms with Crippen molar-refractivity contribution >= 4 is 86.8 Å². The van der Waals surface area contributed by atoms with Gasteiger partial charge in [-0.25, -0.2) is 0 Å². The molecule has 6 aromatic heterocycles. The van der Waals surface area contributed by atoms with Gasteiger partial charge in [0.15, 0.2) is 0 Å². The summed E-state index contributed by atoms with van der Waals surface area (Å²) in [6.07, 6.45) is 0. The Morgan fingerprint density at radius 2 is 0.907 bits per heavy atom. The third kappa shape index (κ3) is 10.6. The van der Waals surface area contributed by atoms with Crippen molar-refractivity contribution < 1.29 is 14.4 Å². The van der Waals surface area contributed by atoms with Crippen molar-refractivity contribution in [2.45, 2.75) is 0 Å². The molecule has 0 aliphatic carbocycles. The zero-order valence-electron chi connectivity index (χ0n) is 30.0. The van der Waals surface area contributed by atoms with Crippen LogP contribution in [0, 0.1) is 0 Å². The molecule has 2 aromatic carbocycles. The Kier molecular flexibility index (Phi) is 13.9. The highest BCUT2D eigenvalue weighted by Crippen LogP contribution is 2.41. The van der Waals surface area contributed by atoms with E-state index in [1.54, 1.807) is 45.3 Å². The van der Waals surface area contributed by atoms with Gasteiger partial charge in [-0.05, 0) is 106 Å². The zero-order valence-corrected chi connectivity index (χ0v) is 34.9. The number of rotatable bonds is 8. The van der Waals surface area contributed by atoms with Crippen molar-refractivity contribution in [2.24, 2.45) is 0 Å². The summed E-state index contributed by atoms with van der Waals surface area (Å²) in [5, 5.41) is 29.6. The molecule has 8 aromatic rings. The van der Waals surface area contributed by atoms with Crippen LogP contribution in [-0.4, -0.2) is 35.6 Å². The van der Waals surface area contributed by atoms with E-state index in [0.717, 1.165) is 0 Å². The van der Waals surface area contributed by atoms with Gasteiger partial charge < -0.3 is 24.2 Å². The van der Waals surface area contributed by atoms with Crippen molar-refractivity contribution in [3.8, 4) is 62.6 Å². The van der Waals surface area contributed by atoms with Crippen LogP contribution < -0.4 is 19.8 Å². The van der Waals surface area contributed by atoms with Crippen LogP contribution in [0.25, 0.3) is 62.6 Å². The average molecular weight is 823 g/mol. The maximum absolute atomic E-state index is 9.89. The first-order valence-electron chi connectivity index (χ1n) is 16.7. The van der Waals surface area contributed by atoms with Crippen LogP contribution in [0.4, 0.5) is 15.7 Å². The van der Waals surface area contributed by atoms with Crippen molar-refractivity contribution in [3.63, 3.8) is 0 Å². The molecule has 0 amide bonds. The van der Waals surface area contributed by atoms with E-state index in [4.69, 9.17) is 10.0 Å². The van der Waals surface area contributed by atoms with Gasteiger partial charge in [0.2, 0.25) is 0 Å². The number of halogens is 1. The smallest absolute Gasteiger partial charge is 0.134 e. The predicted molar refractivity (Wildman–Crippen MR) is 237 cm³/mol. The van der Waals surface area contributed by atoms with E-state index in [1.807, 2.05) is 22.7 Å². The van der Waals surface area contributed by atoms with Crippen molar-refractivity contribution in [3.05, 3.63) is 141 Å². The first kappa shape index (κ1) is 39.6. The lowest BCUT2D eigenvalue weighted by atomic mass is 10.0. The summed E-state index contributed by atoms with van der Waals surface area (Å²) in [7, 11) is 5.12. The van der Waals surface area contributed by atoms with Crippen molar-refractivity contribution in [1.82, 2.24) is 0 Å². The van der Waals surface area contributed by atoms with Gasteiger partial charge in [0, 0.05) is 120 Å². The molecule has 54 heavy (non-hydrogen) atoms. The Hall–Kier alpha value is -4.11. The highest BCUT2D eigenvalue weighted by molar-refractivity contribution is 7.23. The first-order chi connectivity index (χ1) is 26.1. The minimum atomic E-state index is -3.17.